The zero-order chi connectivity index (χ0) is 11.1. The van der Waals surface area contributed by atoms with E-state index < -0.39 is 0 Å². The van der Waals surface area contributed by atoms with E-state index >= 15 is 0 Å². The molecule has 0 saturated carbocycles. The molecule has 0 aromatic heterocycles. The molecule has 0 aromatic carbocycles. The van der Waals surface area contributed by atoms with Crippen LogP contribution in [0.15, 0.2) is 0 Å². The summed E-state index contributed by atoms with van der Waals surface area (Å²) >= 11 is 0. The lowest BCUT2D eigenvalue weighted by atomic mass is 10.1. The molecule has 14 heavy (non-hydrogen) atoms. The largest absolute Gasteiger partial charge is 0.304 e. The first-order valence-corrected chi connectivity index (χ1v) is 5.32. The topological polar surface area (TPSA) is 39.1 Å². The number of nitriles is 1. The summed E-state index contributed by atoms with van der Waals surface area (Å²) in [4.78, 5) is 2.34. The molecule has 0 aliphatic rings. The van der Waals surface area contributed by atoms with E-state index in [-0.39, 0.29) is 6.04 Å². The van der Waals surface area contributed by atoms with Crippen molar-refractivity contribution < 1.29 is 0 Å². The van der Waals surface area contributed by atoms with Crippen molar-refractivity contribution in [2.24, 2.45) is 5.92 Å². The fourth-order valence-electron chi connectivity index (χ4n) is 1.40. The molecule has 0 aromatic rings. The van der Waals surface area contributed by atoms with Gasteiger partial charge in [-0.1, -0.05) is 13.8 Å². The third kappa shape index (κ3) is 5.21. The zero-order valence-corrected chi connectivity index (χ0v) is 10.0. The van der Waals surface area contributed by atoms with Gasteiger partial charge in [0.05, 0.1) is 6.07 Å². The predicted molar refractivity (Wildman–Crippen MR) is 60.0 cm³/mol. The van der Waals surface area contributed by atoms with Gasteiger partial charge in [-0.05, 0) is 26.8 Å². The van der Waals surface area contributed by atoms with E-state index in [0.717, 1.165) is 13.1 Å². The Morgan fingerprint density at radius 3 is 2.07 bits per heavy atom. The Balaban J connectivity index is 4.16. The van der Waals surface area contributed by atoms with Gasteiger partial charge in [0.15, 0.2) is 0 Å². The van der Waals surface area contributed by atoms with Crippen LogP contribution >= 0.6 is 0 Å². The third-order valence-electron chi connectivity index (χ3n) is 2.25. The molecule has 0 amide bonds. The highest BCUT2D eigenvalue weighted by Gasteiger charge is 2.15. The Kier molecular flexibility index (Phi) is 6.52. The lowest BCUT2D eigenvalue weighted by Gasteiger charge is -2.29. The summed E-state index contributed by atoms with van der Waals surface area (Å²) in [6.07, 6.45) is 0. The normalized spacial score (nSPS) is 13.6. The third-order valence-corrected chi connectivity index (χ3v) is 2.25. The summed E-state index contributed by atoms with van der Waals surface area (Å²) in [5.74, 6) is 0.647. The van der Waals surface area contributed by atoms with Crippen LogP contribution in [0.3, 0.4) is 0 Å². The number of nitrogens with one attached hydrogen (secondary N) is 1. The molecule has 0 aliphatic carbocycles. The van der Waals surface area contributed by atoms with Crippen LogP contribution < -0.4 is 5.32 Å². The quantitative estimate of drug-likeness (QED) is 0.701. The minimum Gasteiger partial charge on any atom is -0.304 e. The smallest absolute Gasteiger partial charge is 0.108 e. The molecule has 1 N–H and O–H groups in total. The Morgan fingerprint density at radius 2 is 1.79 bits per heavy atom. The highest BCUT2D eigenvalue weighted by Crippen LogP contribution is 2.04. The summed E-state index contributed by atoms with van der Waals surface area (Å²) in [5, 5.41) is 11.9. The van der Waals surface area contributed by atoms with E-state index in [1.54, 1.807) is 0 Å². The van der Waals surface area contributed by atoms with E-state index in [1.807, 2.05) is 7.05 Å². The highest BCUT2D eigenvalue weighted by atomic mass is 15.2. The summed E-state index contributed by atoms with van der Waals surface area (Å²) in [7, 11) is 1.84. The minimum atomic E-state index is -0.0591. The Labute approximate surface area is 88.1 Å². The van der Waals surface area contributed by atoms with Crippen molar-refractivity contribution in [2.75, 3.05) is 20.1 Å². The van der Waals surface area contributed by atoms with Crippen LogP contribution in [0.2, 0.25) is 0 Å². The first-order valence-electron chi connectivity index (χ1n) is 5.32. The molecule has 82 valence electrons. The standard InChI is InChI=1S/C11H23N3/c1-9(2)7-14(10(3)4)8-11(6-12)13-5/h9-11,13H,7-8H2,1-5H3. The summed E-state index contributed by atoms with van der Waals surface area (Å²) in [6.45, 7) is 10.6. The lowest BCUT2D eigenvalue weighted by molar-refractivity contribution is 0.189. The molecule has 0 radical (unpaired) electrons. The first-order chi connectivity index (χ1) is 6.51. The summed E-state index contributed by atoms with van der Waals surface area (Å²) < 4.78 is 0. The highest BCUT2D eigenvalue weighted by molar-refractivity contribution is 4.91. The fourth-order valence-corrected chi connectivity index (χ4v) is 1.40. The number of nitrogens with zero attached hydrogens (tertiary/aromatic N) is 2. The molecule has 0 heterocycles. The number of hydrogen-bond acceptors (Lipinski definition) is 3. The van der Waals surface area contributed by atoms with Gasteiger partial charge in [0.1, 0.15) is 6.04 Å². The van der Waals surface area contributed by atoms with E-state index in [4.69, 9.17) is 5.26 Å². The van der Waals surface area contributed by atoms with Gasteiger partial charge < -0.3 is 5.32 Å². The van der Waals surface area contributed by atoms with Gasteiger partial charge in [-0.2, -0.15) is 5.26 Å². The van der Waals surface area contributed by atoms with Crippen molar-refractivity contribution >= 4 is 0 Å². The van der Waals surface area contributed by atoms with Crippen molar-refractivity contribution in [3.8, 4) is 6.07 Å². The minimum absolute atomic E-state index is 0.0591. The van der Waals surface area contributed by atoms with Gasteiger partial charge >= 0.3 is 0 Å². The lowest BCUT2D eigenvalue weighted by Crippen LogP contribution is -2.43. The first kappa shape index (κ1) is 13.4. The molecule has 3 nitrogen and oxygen atoms in total. The van der Waals surface area contributed by atoms with E-state index in [1.165, 1.54) is 0 Å². The summed E-state index contributed by atoms with van der Waals surface area (Å²) in [6, 6.07) is 2.70. The van der Waals surface area contributed by atoms with Gasteiger partial charge in [-0.15, -0.1) is 0 Å². The monoisotopic (exact) mass is 197 g/mol. The van der Waals surface area contributed by atoms with Crippen molar-refractivity contribution in [2.45, 2.75) is 39.8 Å². The Hall–Kier alpha value is -0.590. The second-order valence-corrected chi connectivity index (χ2v) is 4.41. The number of hydrogen-bond donors (Lipinski definition) is 1. The van der Waals surface area contributed by atoms with Crippen molar-refractivity contribution in [3.63, 3.8) is 0 Å². The molecule has 0 spiro atoms. The molecular formula is C11H23N3. The van der Waals surface area contributed by atoms with Crippen LogP contribution in [0.25, 0.3) is 0 Å². The second kappa shape index (κ2) is 6.80. The van der Waals surface area contributed by atoms with Gasteiger partial charge in [-0.3, -0.25) is 4.90 Å². The van der Waals surface area contributed by atoms with Crippen molar-refractivity contribution in [3.05, 3.63) is 0 Å². The molecule has 0 saturated heterocycles. The van der Waals surface area contributed by atoms with Crippen LogP contribution in [-0.2, 0) is 0 Å². The maximum absolute atomic E-state index is 8.85. The predicted octanol–water partition coefficient (Wildman–Crippen LogP) is 1.46. The van der Waals surface area contributed by atoms with Crippen molar-refractivity contribution in [1.82, 2.24) is 10.2 Å². The second-order valence-electron chi connectivity index (χ2n) is 4.41. The van der Waals surface area contributed by atoms with Gasteiger partial charge in [0.25, 0.3) is 0 Å². The maximum Gasteiger partial charge on any atom is 0.108 e. The molecule has 0 fully saturated rings. The zero-order valence-electron chi connectivity index (χ0n) is 10.0. The van der Waals surface area contributed by atoms with Crippen LogP contribution in [-0.4, -0.2) is 37.1 Å². The molecular weight excluding hydrogens is 174 g/mol. The average molecular weight is 197 g/mol. The van der Waals surface area contributed by atoms with E-state index in [0.29, 0.717) is 12.0 Å². The molecule has 0 bridgehead atoms. The van der Waals surface area contributed by atoms with Crippen LogP contribution in [0.4, 0.5) is 0 Å². The fraction of sp³-hybridized carbons (Fsp3) is 0.909. The van der Waals surface area contributed by atoms with Gasteiger partial charge in [0.2, 0.25) is 0 Å². The molecule has 3 heteroatoms. The van der Waals surface area contributed by atoms with Crippen LogP contribution in [0, 0.1) is 17.2 Å². The van der Waals surface area contributed by atoms with E-state index in [9.17, 15) is 0 Å². The van der Waals surface area contributed by atoms with Gasteiger partial charge in [0, 0.05) is 19.1 Å². The molecule has 0 rings (SSSR count). The molecule has 0 aliphatic heterocycles. The molecule has 1 atom stereocenters. The SMILES string of the molecule is CNC(C#N)CN(CC(C)C)C(C)C. The van der Waals surface area contributed by atoms with Crippen LogP contribution in [0.1, 0.15) is 27.7 Å². The molecule has 1 unspecified atom stereocenters. The number of rotatable bonds is 6. The Morgan fingerprint density at radius 1 is 1.21 bits per heavy atom. The maximum atomic E-state index is 8.85. The summed E-state index contributed by atoms with van der Waals surface area (Å²) in [5.41, 5.74) is 0. The Bertz CT molecular complexity index is 181. The average Bonchev–Trinajstić information content (AvgIpc) is 2.11. The van der Waals surface area contributed by atoms with E-state index in [2.05, 4.69) is 44.0 Å². The van der Waals surface area contributed by atoms with Crippen molar-refractivity contribution in [1.29, 1.82) is 5.26 Å². The van der Waals surface area contributed by atoms with Crippen LogP contribution in [0.5, 0.6) is 0 Å². The van der Waals surface area contributed by atoms with Gasteiger partial charge in [-0.25, -0.2) is 0 Å². The number of likely N-dealkylation sites (N-methyl/N-ethyl adjacent to an activating group) is 1.